The van der Waals surface area contributed by atoms with Crippen LogP contribution in [0.3, 0.4) is 0 Å². The zero-order chi connectivity index (χ0) is 25.5. The van der Waals surface area contributed by atoms with Gasteiger partial charge in [0, 0.05) is 5.39 Å². The van der Waals surface area contributed by atoms with Crippen LogP contribution in [-0.4, -0.2) is 4.57 Å². The third-order valence-corrected chi connectivity index (χ3v) is 7.32. The molecule has 2 heteroatoms. The number of nitrogens with zero attached hydrogens (tertiary/aromatic N) is 2. The number of aryl methyl sites for hydroxylation is 1. The van der Waals surface area contributed by atoms with Gasteiger partial charge < -0.3 is 0 Å². The van der Waals surface area contributed by atoms with Gasteiger partial charge in [-0.3, -0.25) is 0 Å². The van der Waals surface area contributed by atoms with E-state index in [1.54, 1.807) is 0 Å². The Morgan fingerprint density at radius 2 is 1.66 bits per heavy atom. The third-order valence-electron chi connectivity index (χ3n) is 7.32. The van der Waals surface area contributed by atoms with Crippen LogP contribution in [0.5, 0.6) is 0 Å². The smallest absolute Gasteiger partial charge is 0.225 e. The fourth-order valence-electron chi connectivity index (χ4n) is 4.58. The molecule has 1 heterocycles. The first-order chi connectivity index (χ1) is 16.5. The van der Waals surface area contributed by atoms with Gasteiger partial charge in [-0.15, -0.1) is 0 Å². The van der Waals surface area contributed by atoms with Crippen LogP contribution >= 0.6 is 0 Å². The monoisotopic (exact) mass is 463 g/mol. The van der Waals surface area contributed by atoms with Gasteiger partial charge in [0.15, 0.2) is 11.0 Å². The molecule has 0 bridgehead atoms. The predicted octanol–water partition coefficient (Wildman–Crippen LogP) is 8.68. The van der Waals surface area contributed by atoms with Crippen molar-refractivity contribution in [1.29, 1.82) is 0 Å². The molecule has 0 amide bonds. The number of hydrogen-bond acceptors (Lipinski definition) is 0. The second-order valence-corrected chi connectivity index (χ2v) is 11.0. The maximum Gasteiger partial charge on any atom is 0.295 e. The Morgan fingerprint density at radius 3 is 2.31 bits per heavy atom. The van der Waals surface area contributed by atoms with E-state index in [9.17, 15) is 0 Å². The van der Waals surface area contributed by atoms with Crippen molar-refractivity contribution in [2.45, 2.75) is 54.4 Å². The molecular weight excluding hydrogens is 424 g/mol. The van der Waals surface area contributed by atoms with Crippen molar-refractivity contribution in [3.8, 4) is 5.69 Å². The fourth-order valence-corrected chi connectivity index (χ4v) is 4.58. The molecule has 4 rings (SSSR count). The molecule has 0 aliphatic rings. The van der Waals surface area contributed by atoms with Crippen LogP contribution in [0.4, 0.5) is 0 Å². The lowest BCUT2D eigenvalue weighted by Crippen LogP contribution is -2.33. The summed E-state index contributed by atoms with van der Waals surface area (Å²) in [6.07, 6.45) is 4.34. The molecule has 1 aromatic heterocycles. The third kappa shape index (κ3) is 4.50. The summed E-state index contributed by atoms with van der Waals surface area (Å²) in [5.41, 5.74) is 8.76. The highest BCUT2D eigenvalue weighted by Gasteiger charge is 2.29. The van der Waals surface area contributed by atoms with Gasteiger partial charge in [-0.2, -0.15) is 4.57 Å². The second kappa shape index (κ2) is 9.34. The zero-order valence-corrected chi connectivity index (χ0v) is 22.6. The number of hydrogen-bond donors (Lipinski definition) is 0. The molecule has 2 nitrogen and oxygen atoms in total. The summed E-state index contributed by atoms with van der Waals surface area (Å²) in [5, 5.41) is 2.49. The lowest BCUT2D eigenvalue weighted by Gasteiger charge is -2.20. The van der Waals surface area contributed by atoms with Crippen molar-refractivity contribution in [2.24, 2.45) is 12.5 Å². The zero-order valence-electron chi connectivity index (χ0n) is 22.6. The highest BCUT2D eigenvalue weighted by Crippen LogP contribution is 2.34. The highest BCUT2D eigenvalue weighted by molar-refractivity contribution is 5.93. The predicted molar refractivity (Wildman–Crippen MR) is 152 cm³/mol. The van der Waals surface area contributed by atoms with E-state index < -0.39 is 0 Å². The molecule has 0 N–H and O–H groups in total. The van der Waals surface area contributed by atoms with E-state index in [0.717, 1.165) is 5.57 Å². The van der Waals surface area contributed by atoms with Crippen molar-refractivity contribution in [3.05, 3.63) is 102 Å². The van der Waals surface area contributed by atoms with E-state index in [1.807, 2.05) is 6.08 Å². The fraction of sp³-hybridized carbons (Fsp3) is 0.303. The maximum atomic E-state index is 4.14. The molecule has 0 atom stereocenters. The minimum Gasteiger partial charge on any atom is -0.225 e. The topological polar surface area (TPSA) is 8.81 Å². The van der Waals surface area contributed by atoms with E-state index in [0.29, 0.717) is 5.92 Å². The van der Waals surface area contributed by atoms with Gasteiger partial charge in [-0.1, -0.05) is 95.3 Å². The number of imidazole rings is 1. The lowest BCUT2D eigenvalue weighted by atomic mass is 9.86. The molecule has 0 saturated carbocycles. The first kappa shape index (κ1) is 24.7. The van der Waals surface area contributed by atoms with Crippen molar-refractivity contribution in [3.63, 3.8) is 0 Å². The molecular formula is C33H39N2+. The van der Waals surface area contributed by atoms with Gasteiger partial charge >= 0.3 is 0 Å². The minimum atomic E-state index is 0.0758. The van der Waals surface area contributed by atoms with E-state index in [4.69, 9.17) is 0 Å². The van der Waals surface area contributed by atoms with E-state index in [-0.39, 0.29) is 5.41 Å². The van der Waals surface area contributed by atoms with Crippen LogP contribution in [0.15, 0.2) is 90.5 Å². The quantitative estimate of drug-likeness (QED) is 0.207. The largest absolute Gasteiger partial charge is 0.295 e. The molecule has 4 aromatic rings. The summed E-state index contributed by atoms with van der Waals surface area (Å²) in [6.45, 7) is 19.9. The van der Waals surface area contributed by atoms with Gasteiger partial charge in [0.2, 0.25) is 0 Å². The van der Waals surface area contributed by atoms with Gasteiger partial charge in [-0.05, 0) is 66.0 Å². The van der Waals surface area contributed by atoms with Crippen LogP contribution < -0.4 is 4.57 Å². The Balaban J connectivity index is 2.20. The van der Waals surface area contributed by atoms with Gasteiger partial charge in [0.1, 0.15) is 5.69 Å². The molecule has 180 valence electrons. The number of benzene rings is 3. The lowest BCUT2D eigenvalue weighted by molar-refractivity contribution is -0.647. The summed E-state index contributed by atoms with van der Waals surface area (Å²) in [4.78, 5) is 0. The maximum absolute atomic E-state index is 4.14. The van der Waals surface area contributed by atoms with Crippen molar-refractivity contribution in [2.75, 3.05) is 0 Å². The van der Waals surface area contributed by atoms with Gasteiger partial charge in [0.05, 0.1) is 12.6 Å². The summed E-state index contributed by atoms with van der Waals surface area (Å²) < 4.78 is 4.80. The normalized spacial score (nSPS) is 13.6. The van der Waals surface area contributed by atoms with Crippen molar-refractivity contribution >= 4 is 27.4 Å². The summed E-state index contributed by atoms with van der Waals surface area (Å²) in [7, 11) is 2.19. The number of allylic oxidation sites excluding steroid dienone is 5. The SMILES string of the molecule is C=C/C(C)=C(\C=C(/C)C(C)(C)C)c1n(-c2cccc3ccccc23)c2ccc(C(C)C)cc2[n+]1C. The molecule has 0 unspecified atom stereocenters. The molecule has 0 fully saturated rings. The Bertz CT molecular complexity index is 1480. The average Bonchev–Trinajstić information content (AvgIpc) is 3.12. The minimum absolute atomic E-state index is 0.0758. The molecule has 3 aromatic carbocycles. The van der Waals surface area contributed by atoms with E-state index in [1.165, 1.54) is 50.0 Å². The van der Waals surface area contributed by atoms with Crippen LogP contribution in [0.1, 0.15) is 65.8 Å². The highest BCUT2D eigenvalue weighted by atomic mass is 15.2. The van der Waals surface area contributed by atoms with E-state index >= 15 is 0 Å². The summed E-state index contributed by atoms with van der Waals surface area (Å²) in [6, 6.07) is 22.2. The molecule has 0 spiro atoms. The standard InChI is InChI=1S/C33H39N2/c1-10-23(4)28(20-24(5)33(6,7)8)32-34(9)31-21-26(22(2)3)18-19-30(31)35(32)29-17-13-15-25-14-11-12-16-27(25)29/h10-22H,1H2,2-9H3/q+1/b24-20+,28-23+. The van der Waals surface area contributed by atoms with Crippen molar-refractivity contribution in [1.82, 2.24) is 4.57 Å². The summed E-state index contributed by atoms with van der Waals surface area (Å²) in [5.74, 6) is 1.63. The molecule has 0 saturated heterocycles. The Kier molecular flexibility index (Phi) is 6.60. The Labute approximate surface area is 210 Å². The number of aromatic nitrogens is 2. The Morgan fingerprint density at radius 1 is 0.971 bits per heavy atom. The molecule has 0 aliphatic heterocycles. The van der Waals surface area contributed by atoms with Crippen LogP contribution in [0, 0.1) is 5.41 Å². The Hall–Kier alpha value is -3.39. The second-order valence-electron chi connectivity index (χ2n) is 11.0. The van der Waals surface area contributed by atoms with Crippen LogP contribution in [-0.2, 0) is 7.05 Å². The molecule has 35 heavy (non-hydrogen) atoms. The van der Waals surface area contributed by atoms with Crippen LogP contribution in [0.25, 0.3) is 33.1 Å². The van der Waals surface area contributed by atoms with E-state index in [2.05, 4.69) is 138 Å². The van der Waals surface area contributed by atoms with Crippen molar-refractivity contribution < 1.29 is 4.57 Å². The first-order valence-corrected chi connectivity index (χ1v) is 12.6. The number of rotatable bonds is 5. The van der Waals surface area contributed by atoms with Gasteiger partial charge in [-0.25, -0.2) is 4.57 Å². The summed E-state index contributed by atoms with van der Waals surface area (Å²) >= 11 is 0. The first-order valence-electron chi connectivity index (χ1n) is 12.6. The van der Waals surface area contributed by atoms with Gasteiger partial charge in [0.25, 0.3) is 5.82 Å². The molecule has 0 aliphatic carbocycles. The molecule has 0 radical (unpaired) electrons. The van der Waals surface area contributed by atoms with Crippen LogP contribution in [0.2, 0.25) is 0 Å². The average molecular weight is 464 g/mol. The number of fused-ring (bicyclic) bond motifs is 2.